The van der Waals surface area contributed by atoms with Crippen LogP contribution in [0.5, 0.6) is 0 Å². The molecule has 0 unspecified atom stereocenters. The van der Waals surface area contributed by atoms with Crippen LogP contribution in [0.2, 0.25) is 0 Å². The predicted octanol–water partition coefficient (Wildman–Crippen LogP) is 0.997. The summed E-state index contributed by atoms with van der Waals surface area (Å²) in [6.45, 7) is 0.618. The van der Waals surface area contributed by atoms with Gasteiger partial charge in [0.15, 0.2) is 0 Å². The highest BCUT2D eigenvalue weighted by molar-refractivity contribution is 7.85. The molecule has 74 valence electrons. The Bertz CT molecular complexity index is 293. The van der Waals surface area contributed by atoms with Crippen molar-refractivity contribution in [1.82, 2.24) is 4.90 Å². The minimum atomic E-state index is -3.80. The van der Waals surface area contributed by atoms with Crippen LogP contribution in [-0.2, 0) is 10.1 Å². The molecule has 0 aromatic carbocycles. The van der Waals surface area contributed by atoms with E-state index in [-0.39, 0.29) is 5.75 Å². The Balaban J connectivity index is 2.23. The van der Waals surface area contributed by atoms with Gasteiger partial charge in [-0.2, -0.15) is 8.42 Å². The summed E-state index contributed by atoms with van der Waals surface area (Å²) < 4.78 is 29.2. The second kappa shape index (κ2) is 4.43. The van der Waals surface area contributed by atoms with Gasteiger partial charge >= 0.3 is 0 Å². The van der Waals surface area contributed by atoms with Crippen LogP contribution in [0.1, 0.15) is 12.8 Å². The molecule has 0 radical (unpaired) electrons. The molecule has 1 aliphatic heterocycles. The highest BCUT2D eigenvalue weighted by Gasteiger charge is 2.05. The van der Waals surface area contributed by atoms with Crippen LogP contribution in [0.3, 0.4) is 0 Å². The highest BCUT2D eigenvalue weighted by atomic mass is 32.2. The van der Waals surface area contributed by atoms with Crippen LogP contribution in [-0.4, -0.2) is 30.2 Å². The zero-order valence-corrected chi connectivity index (χ0v) is 8.07. The lowest BCUT2D eigenvalue weighted by molar-refractivity contribution is 0.462. The van der Waals surface area contributed by atoms with Gasteiger partial charge in [0.25, 0.3) is 10.1 Å². The van der Waals surface area contributed by atoms with E-state index in [0.717, 1.165) is 6.42 Å². The van der Waals surface area contributed by atoms with E-state index in [0.29, 0.717) is 13.0 Å². The molecule has 0 aromatic heterocycles. The third-order valence-corrected chi connectivity index (χ3v) is 2.49. The zero-order chi connectivity index (χ0) is 9.73. The summed E-state index contributed by atoms with van der Waals surface area (Å²) in [7, 11) is -3.80. The third-order valence-electron chi connectivity index (χ3n) is 1.68. The monoisotopic (exact) mass is 203 g/mol. The molecule has 0 spiro atoms. The molecule has 0 aliphatic carbocycles. The average Bonchev–Trinajstić information content (AvgIpc) is 2.04. The van der Waals surface area contributed by atoms with E-state index in [2.05, 4.69) is 0 Å². The van der Waals surface area contributed by atoms with Gasteiger partial charge in [0.1, 0.15) is 0 Å². The first-order chi connectivity index (χ1) is 6.08. The number of rotatable bonds is 4. The van der Waals surface area contributed by atoms with Gasteiger partial charge in [-0.05, 0) is 25.2 Å². The van der Waals surface area contributed by atoms with Crippen molar-refractivity contribution < 1.29 is 13.0 Å². The number of hydrogen-bond acceptors (Lipinski definition) is 3. The van der Waals surface area contributed by atoms with Crippen LogP contribution in [0.4, 0.5) is 0 Å². The molecule has 0 bridgehead atoms. The number of nitrogens with zero attached hydrogens (tertiary/aromatic N) is 1. The van der Waals surface area contributed by atoms with Crippen molar-refractivity contribution in [3.05, 3.63) is 24.6 Å². The van der Waals surface area contributed by atoms with Crippen molar-refractivity contribution in [2.75, 3.05) is 12.3 Å². The SMILES string of the molecule is O=S(=O)(O)CCCN1C=CCC=C1. The average molecular weight is 203 g/mol. The van der Waals surface area contributed by atoms with Crippen molar-refractivity contribution in [2.45, 2.75) is 12.8 Å². The quantitative estimate of drug-likeness (QED) is 0.692. The summed E-state index contributed by atoms with van der Waals surface area (Å²) in [4.78, 5) is 1.90. The van der Waals surface area contributed by atoms with Gasteiger partial charge in [-0.25, -0.2) is 0 Å². The smallest absolute Gasteiger partial charge is 0.264 e. The molecule has 1 aliphatic rings. The van der Waals surface area contributed by atoms with Crippen molar-refractivity contribution in [2.24, 2.45) is 0 Å². The molecule has 0 aromatic rings. The largest absolute Gasteiger partial charge is 0.355 e. The molecular weight excluding hydrogens is 190 g/mol. The van der Waals surface area contributed by atoms with Crippen LogP contribution in [0.15, 0.2) is 24.6 Å². The standard InChI is InChI=1S/C8H13NO3S/c10-13(11,12)8-4-7-9-5-2-1-3-6-9/h2-3,5-6H,1,4,7-8H2,(H,10,11,12). The summed E-state index contributed by atoms with van der Waals surface area (Å²) in [6.07, 6.45) is 9.16. The fourth-order valence-electron chi connectivity index (χ4n) is 1.10. The Kier molecular flexibility index (Phi) is 3.50. The lowest BCUT2D eigenvalue weighted by atomic mass is 10.3. The predicted molar refractivity (Wildman–Crippen MR) is 50.6 cm³/mol. The van der Waals surface area contributed by atoms with E-state index in [1.165, 1.54) is 0 Å². The first-order valence-corrected chi connectivity index (χ1v) is 5.73. The molecule has 1 heterocycles. The first-order valence-electron chi connectivity index (χ1n) is 4.12. The van der Waals surface area contributed by atoms with E-state index in [9.17, 15) is 8.42 Å². The normalized spacial score (nSPS) is 16.5. The molecule has 0 amide bonds. The Morgan fingerprint density at radius 3 is 2.46 bits per heavy atom. The van der Waals surface area contributed by atoms with Crippen LogP contribution < -0.4 is 0 Å². The van der Waals surface area contributed by atoms with E-state index in [1.807, 2.05) is 29.5 Å². The minimum Gasteiger partial charge on any atom is -0.355 e. The van der Waals surface area contributed by atoms with Gasteiger partial charge in [0.2, 0.25) is 0 Å². The molecule has 0 saturated carbocycles. The summed E-state index contributed by atoms with van der Waals surface area (Å²) in [6, 6.07) is 0. The topological polar surface area (TPSA) is 57.6 Å². The fourth-order valence-corrected chi connectivity index (χ4v) is 1.59. The van der Waals surface area contributed by atoms with Crippen LogP contribution in [0.25, 0.3) is 0 Å². The second-order valence-electron chi connectivity index (χ2n) is 2.88. The van der Waals surface area contributed by atoms with E-state index >= 15 is 0 Å². The number of allylic oxidation sites excluding steroid dienone is 2. The van der Waals surface area contributed by atoms with Gasteiger partial charge in [0, 0.05) is 6.54 Å². The zero-order valence-electron chi connectivity index (χ0n) is 7.26. The molecule has 13 heavy (non-hydrogen) atoms. The summed E-state index contributed by atoms with van der Waals surface area (Å²) in [5, 5.41) is 0. The van der Waals surface area contributed by atoms with Crippen molar-refractivity contribution in [1.29, 1.82) is 0 Å². The van der Waals surface area contributed by atoms with Gasteiger partial charge < -0.3 is 4.90 Å². The molecule has 1 rings (SSSR count). The Hall–Kier alpha value is -0.810. The van der Waals surface area contributed by atoms with Crippen molar-refractivity contribution in [3.63, 3.8) is 0 Å². The van der Waals surface area contributed by atoms with Crippen LogP contribution >= 0.6 is 0 Å². The first kappa shape index (κ1) is 10.3. The van der Waals surface area contributed by atoms with Crippen molar-refractivity contribution in [3.8, 4) is 0 Å². The molecule has 0 atom stereocenters. The van der Waals surface area contributed by atoms with Crippen LogP contribution in [0, 0.1) is 0 Å². The molecule has 0 fully saturated rings. The molecule has 1 N–H and O–H groups in total. The second-order valence-corrected chi connectivity index (χ2v) is 4.45. The van der Waals surface area contributed by atoms with Gasteiger partial charge in [-0.1, -0.05) is 12.2 Å². The molecule has 0 saturated heterocycles. The van der Waals surface area contributed by atoms with E-state index in [1.54, 1.807) is 0 Å². The molecule has 4 nitrogen and oxygen atoms in total. The fraction of sp³-hybridized carbons (Fsp3) is 0.500. The molecule has 5 heteroatoms. The Labute approximate surface area is 78.3 Å². The minimum absolute atomic E-state index is 0.175. The Morgan fingerprint density at radius 1 is 1.31 bits per heavy atom. The van der Waals surface area contributed by atoms with Gasteiger partial charge in [0.05, 0.1) is 5.75 Å². The summed E-state index contributed by atoms with van der Waals surface area (Å²) in [5.74, 6) is -0.175. The van der Waals surface area contributed by atoms with Gasteiger partial charge in [-0.15, -0.1) is 0 Å². The third kappa shape index (κ3) is 4.69. The lowest BCUT2D eigenvalue weighted by Gasteiger charge is -2.16. The van der Waals surface area contributed by atoms with Gasteiger partial charge in [-0.3, -0.25) is 4.55 Å². The lowest BCUT2D eigenvalue weighted by Crippen LogP contribution is -2.16. The van der Waals surface area contributed by atoms with E-state index < -0.39 is 10.1 Å². The Morgan fingerprint density at radius 2 is 1.92 bits per heavy atom. The molecular formula is C8H13NO3S. The maximum atomic E-state index is 10.4. The maximum absolute atomic E-state index is 10.4. The summed E-state index contributed by atoms with van der Waals surface area (Å²) in [5.41, 5.74) is 0. The van der Waals surface area contributed by atoms with Crippen molar-refractivity contribution >= 4 is 10.1 Å². The number of hydrogen-bond donors (Lipinski definition) is 1. The highest BCUT2D eigenvalue weighted by Crippen LogP contribution is 2.03. The van der Waals surface area contributed by atoms with E-state index in [4.69, 9.17) is 4.55 Å². The summed E-state index contributed by atoms with van der Waals surface area (Å²) >= 11 is 0. The maximum Gasteiger partial charge on any atom is 0.264 e.